The Morgan fingerprint density at radius 1 is 1.46 bits per heavy atom. The van der Waals surface area contributed by atoms with Crippen LogP contribution in [-0.2, 0) is 4.79 Å². The number of carbonyl (C=O) groups excluding carboxylic acids is 1. The van der Waals surface area contributed by atoms with Crippen molar-refractivity contribution >= 4 is 5.78 Å². The van der Waals surface area contributed by atoms with E-state index in [0.717, 1.165) is 13.0 Å². The van der Waals surface area contributed by atoms with E-state index < -0.39 is 0 Å². The minimum Gasteiger partial charge on any atom is -0.298 e. The summed E-state index contributed by atoms with van der Waals surface area (Å²) in [6.07, 6.45) is 1.13. The van der Waals surface area contributed by atoms with Crippen molar-refractivity contribution in [1.82, 2.24) is 4.90 Å². The van der Waals surface area contributed by atoms with Crippen molar-refractivity contribution in [2.75, 3.05) is 6.54 Å². The second-order valence-corrected chi connectivity index (χ2v) is 5.08. The molecule has 0 aromatic rings. The van der Waals surface area contributed by atoms with Crippen LogP contribution in [0.2, 0.25) is 0 Å². The van der Waals surface area contributed by atoms with E-state index >= 15 is 0 Å². The molecule has 0 bridgehead atoms. The van der Waals surface area contributed by atoms with Crippen LogP contribution in [0.1, 0.15) is 41.0 Å². The van der Waals surface area contributed by atoms with Gasteiger partial charge in [0, 0.05) is 6.04 Å². The van der Waals surface area contributed by atoms with Gasteiger partial charge in [-0.25, -0.2) is 0 Å². The maximum absolute atomic E-state index is 11.5. The predicted octanol–water partition coefficient (Wildman–Crippen LogP) is 2.08. The lowest BCUT2D eigenvalue weighted by molar-refractivity contribution is -0.124. The molecule has 0 saturated carbocycles. The first kappa shape index (κ1) is 10.7. The maximum Gasteiger partial charge on any atom is 0.147 e. The third-order valence-corrected chi connectivity index (χ3v) is 3.13. The van der Waals surface area contributed by atoms with E-state index in [0.29, 0.717) is 11.8 Å². The fraction of sp³-hybridized carbons (Fsp3) is 0.909. The van der Waals surface area contributed by atoms with Gasteiger partial charge < -0.3 is 0 Å². The number of ketones is 1. The maximum atomic E-state index is 11.5. The van der Waals surface area contributed by atoms with Gasteiger partial charge >= 0.3 is 0 Å². The molecule has 2 heteroatoms. The Kier molecular flexibility index (Phi) is 2.81. The Morgan fingerprint density at radius 2 is 2.00 bits per heavy atom. The van der Waals surface area contributed by atoms with Gasteiger partial charge in [-0.3, -0.25) is 9.69 Å². The zero-order chi connectivity index (χ0) is 10.2. The van der Waals surface area contributed by atoms with E-state index in [1.54, 1.807) is 6.92 Å². The molecule has 76 valence electrons. The first-order chi connectivity index (χ1) is 5.86. The molecule has 1 heterocycles. The number of hydrogen-bond acceptors (Lipinski definition) is 2. The quantitative estimate of drug-likeness (QED) is 0.653. The molecule has 2 nitrogen and oxygen atoms in total. The van der Waals surface area contributed by atoms with Gasteiger partial charge in [0.05, 0.1) is 6.04 Å². The van der Waals surface area contributed by atoms with Gasteiger partial charge in [-0.2, -0.15) is 0 Å². The van der Waals surface area contributed by atoms with Gasteiger partial charge in [0.2, 0.25) is 0 Å². The number of likely N-dealkylation sites (tertiary alicyclic amines) is 1. The third-order valence-electron chi connectivity index (χ3n) is 3.13. The smallest absolute Gasteiger partial charge is 0.147 e. The SMILES string of the molecule is CC(=O)[C@H]1N(C(C)C)CCC1(C)C. The molecule has 0 aliphatic carbocycles. The molecule has 1 saturated heterocycles. The molecule has 0 radical (unpaired) electrons. The molecule has 0 N–H and O–H groups in total. The molecule has 1 atom stereocenters. The molecule has 13 heavy (non-hydrogen) atoms. The highest BCUT2D eigenvalue weighted by atomic mass is 16.1. The highest BCUT2D eigenvalue weighted by Crippen LogP contribution is 2.37. The van der Waals surface area contributed by atoms with Gasteiger partial charge in [0.15, 0.2) is 0 Å². The van der Waals surface area contributed by atoms with Crippen LogP contribution in [0, 0.1) is 5.41 Å². The lowest BCUT2D eigenvalue weighted by Crippen LogP contribution is -2.45. The van der Waals surface area contributed by atoms with Crippen LogP contribution in [0.5, 0.6) is 0 Å². The Balaban J connectivity index is 2.86. The Bertz CT molecular complexity index is 208. The van der Waals surface area contributed by atoms with Gasteiger partial charge in [-0.05, 0) is 39.2 Å². The van der Waals surface area contributed by atoms with E-state index in [1.165, 1.54) is 0 Å². The van der Waals surface area contributed by atoms with Crippen molar-refractivity contribution in [2.24, 2.45) is 5.41 Å². The van der Waals surface area contributed by atoms with Gasteiger partial charge in [-0.15, -0.1) is 0 Å². The molecule has 0 unspecified atom stereocenters. The highest BCUT2D eigenvalue weighted by Gasteiger charge is 2.43. The van der Waals surface area contributed by atoms with E-state index in [-0.39, 0.29) is 11.5 Å². The molecule has 1 rings (SSSR count). The molecule has 1 aliphatic rings. The molecule has 0 aromatic carbocycles. The Hall–Kier alpha value is -0.370. The topological polar surface area (TPSA) is 20.3 Å². The second-order valence-electron chi connectivity index (χ2n) is 5.08. The summed E-state index contributed by atoms with van der Waals surface area (Å²) in [5.41, 5.74) is 0.163. The van der Waals surface area contributed by atoms with Crippen molar-refractivity contribution in [2.45, 2.75) is 53.1 Å². The van der Waals surface area contributed by atoms with Crippen molar-refractivity contribution in [3.8, 4) is 0 Å². The number of Topliss-reactive ketones (excluding diaryl/α,β-unsaturated/α-hetero) is 1. The van der Waals surface area contributed by atoms with E-state index in [1.807, 2.05) is 0 Å². The monoisotopic (exact) mass is 183 g/mol. The zero-order valence-corrected chi connectivity index (χ0v) is 9.42. The van der Waals surface area contributed by atoms with Crippen LogP contribution >= 0.6 is 0 Å². The molecular weight excluding hydrogens is 162 g/mol. The van der Waals surface area contributed by atoms with Crippen LogP contribution in [0.3, 0.4) is 0 Å². The first-order valence-electron chi connectivity index (χ1n) is 5.12. The number of hydrogen-bond donors (Lipinski definition) is 0. The van der Waals surface area contributed by atoms with Crippen LogP contribution in [0.25, 0.3) is 0 Å². The summed E-state index contributed by atoms with van der Waals surface area (Å²) in [4.78, 5) is 13.9. The average Bonchev–Trinajstić information content (AvgIpc) is 2.24. The molecule has 0 amide bonds. The van der Waals surface area contributed by atoms with Gasteiger partial charge in [-0.1, -0.05) is 13.8 Å². The zero-order valence-electron chi connectivity index (χ0n) is 9.42. The number of rotatable bonds is 2. The third kappa shape index (κ3) is 1.93. The summed E-state index contributed by atoms with van der Waals surface area (Å²) >= 11 is 0. The Morgan fingerprint density at radius 3 is 2.31 bits per heavy atom. The normalized spacial score (nSPS) is 28.3. The lowest BCUT2D eigenvalue weighted by atomic mass is 9.83. The van der Waals surface area contributed by atoms with Crippen LogP contribution < -0.4 is 0 Å². The molecule has 1 fully saturated rings. The predicted molar refractivity (Wildman–Crippen MR) is 54.7 cm³/mol. The largest absolute Gasteiger partial charge is 0.298 e. The minimum absolute atomic E-state index is 0.132. The Labute approximate surface area is 81.3 Å². The summed E-state index contributed by atoms with van der Waals surface area (Å²) in [5.74, 6) is 0.316. The summed E-state index contributed by atoms with van der Waals surface area (Å²) in [6.45, 7) is 11.5. The summed E-state index contributed by atoms with van der Waals surface area (Å²) in [6, 6.07) is 0.614. The van der Waals surface area contributed by atoms with Crippen molar-refractivity contribution in [1.29, 1.82) is 0 Å². The summed E-state index contributed by atoms with van der Waals surface area (Å²) in [7, 11) is 0. The van der Waals surface area contributed by atoms with E-state index in [2.05, 4.69) is 32.6 Å². The highest BCUT2D eigenvalue weighted by molar-refractivity contribution is 5.82. The standard InChI is InChI=1S/C11H21NO/c1-8(2)12-7-6-11(4,5)10(12)9(3)13/h8,10H,6-7H2,1-5H3/t10-/m1/s1. The molecular formula is C11H21NO. The molecule has 1 aliphatic heterocycles. The van der Waals surface area contributed by atoms with Crippen LogP contribution in [-0.4, -0.2) is 29.3 Å². The lowest BCUT2D eigenvalue weighted by Gasteiger charge is -2.32. The van der Waals surface area contributed by atoms with Gasteiger partial charge in [0.25, 0.3) is 0 Å². The minimum atomic E-state index is 0.132. The fourth-order valence-corrected chi connectivity index (χ4v) is 2.47. The fourth-order valence-electron chi connectivity index (χ4n) is 2.47. The van der Waals surface area contributed by atoms with Gasteiger partial charge in [0.1, 0.15) is 5.78 Å². The van der Waals surface area contributed by atoms with E-state index in [9.17, 15) is 4.79 Å². The van der Waals surface area contributed by atoms with Crippen LogP contribution in [0.4, 0.5) is 0 Å². The summed E-state index contributed by atoms with van der Waals surface area (Å²) < 4.78 is 0. The van der Waals surface area contributed by atoms with Crippen LogP contribution in [0.15, 0.2) is 0 Å². The molecule has 0 aromatic heterocycles. The average molecular weight is 183 g/mol. The second kappa shape index (κ2) is 3.41. The summed E-state index contributed by atoms with van der Waals surface area (Å²) in [5, 5.41) is 0. The van der Waals surface area contributed by atoms with Crippen molar-refractivity contribution in [3.05, 3.63) is 0 Å². The number of nitrogens with zero attached hydrogens (tertiary/aromatic N) is 1. The molecule has 0 spiro atoms. The van der Waals surface area contributed by atoms with Crippen molar-refractivity contribution in [3.63, 3.8) is 0 Å². The van der Waals surface area contributed by atoms with E-state index in [4.69, 9.17) is 0 Å². The first-order valence-corrected chi connectivity index (χ1v) is 5.12. The number of carbonyl (C=O) groups is 1. The van der Waals surface area contributed by atoms with Crippen molar-refractivity contribution < 1.29 is 4.79 Å².